The van der Waals surface area contributed by atoms with E-state index in [-0.39, 0.29) is 5.91 Å². The molecule has 2 aromatic heterocycles. The van der Waals surface area contributed by atoms with Crippen molar-refractivity contribution in [2.75, 3.05) is 13.7 Å². The molecule has 3 aromatic rings. The van der Waals surface area contributed by atoms with E-state index in [0.29, 0.717) is 25.2 Å². The molecule has 140 valence electrons. The number of carbonyl (C=O) groups is 1. The average molecular weight is 366 g/mol. The number of aryl methyl sites for hydroxylation is 1. The second-order valence-corrected chi connectivity index (χ2v) is 6.67. The van der Waals surface area contributed by atoms with Crippen LogP contribution in [0.25, 0.3) is 11.3 Å². The van der Waals surface area contributed by atoms with E-state index in [1.807, 2.05) is 30.3 Å². The van der Waals surface area contributed by atoms with E-state index >= 15 is 0 Å². The fourth-order valence-electron chi connectivity index (χ4n) is 3.41. The Balaban J connectivity index is 1.58. The van der Waals surface area contributed by atoms with Gasteiger partial charge in [0.05, 0.1) is 13.7 Å². The van der Waals surface area contributed by atoms with E-state index in [9.17, 15) is 4.79 Å². The number of ether oxygens (including phenoxy) is 1. The highest BCUT2D eigenvalue weighted by atomic mass is 16.5. The van der Waals surface area contributed by atoms with Crippen molar-refractivity contribution in [2.45, 2.75) is 32.7 Å². The molecule has 3 heterocycles. The van der Waals surface area contributed by atoms with E-state index in [0.717, 1.165) is 46.9 Å². The molecule has 0 fully saturated rings. The Hall–Kier alpha value is -3.09. The summed E-state index contributed by atoms with van der Waals surface area (Å²) in [5, 5.41) is 11.4. The molecule has 0 aliphatic carbocycles. The lowest BCUT2D eigenvalue weighted by Gasteiger charge is -2.25. The number of carbonyl (C=O) groups excluding carboxylic acids is 1. The summed E-state index contributed by atoms with van der Waals surface area (Å²) in [7, 11) is 1.63. The summed E-state index contributed by atoms with van der Waals surface area (Å²) in [5.74, 6) is 1.52. The molecule has 27 heavy (non-hydrogen) atoms. The maximum atomic E-state index is 12.9. The minimum Gasteiger partial charge on any atom is -0.497 e. The molecule has 0 spiro atoms. The normalized spacial score (nSPS) is 13.5. The number of amides is 1. The lowest BCUT2D eigenvalue weighted by atomic mass is 10.0. The van der Waals surface area contributed by atoms with Gasteiger partial charge in [-0.2, -0.15) is 5.10 Å². The van der Waals surface area contributed by atoms with Gasteiger partial charge in [-0.3, -0.25) is 9.89 Å². The van der Waals surface area contributed by atoms with Crippen molar-refractivity contribution in [3.63, 3.8) is 0 Å². The minimum absolute atomic E-state index is 0.0722. The summed E-state index contributed by atoms with van der Waals surface area (Å²) in [6.07, 6.45) is 2.54. The van der Waals surface area contributed by atoms with Gasteiger partial charge in [0.2, 0.25) is 0 Å². The van der Waals surface area contributed by atoms with Gasteiger partial charge >= 0.3 is 0 Å². The number of aromatic amines is 1. The van der Waals surface area contributed by atoms with Gasteiger partial charge in [-0.05, 0) is 24.6 Å². The first kappa shape index (κ1) is 17.3. The molecule has 4 rings (SSSR count). The SMILES string of the molecule is CCCc1cc(C(=O)N2CCc3onc(-c4cccc(OC)c4)c3C2)n[nH]1. The number of benzene rings is 1. The number of methoxy groups -OCH3 is 1. The molecule has 0 atom stereocenters. The Kier molecular flexibility index (Phi) is 4.66. The van der Waals surface area contributed by atoms with Gasteiger partial charge < -0.3 is 14.2 Å². The van der Waals surface area contributed by atoms with Gasteiger partial charge in [-0.25, -0.2) is 0 Å². The van der Waals surface area contributed by atoms with Crippen LogP contribution >= 0.6 is 0 Å². The van der Waals surface area contributed by atoms with E-state index in [2.05, 4.69) is 22.3 Å². The molecule has 7 nitrogen and oxygen atoms in total. The zero-order valence-electron chi connectivity index (χ0n) is 15.5. The minimum atomic E-state index is -0.0722. The van der Waals surface area contributed by atoms with Crippen LogP contribution in [0.2, 0.25) is 0 Å². The highest BCUT2D eigenvalue weighted by Crippen LogP contribution is 2.32. The number of nitrogens with one attached hydrogen (secondary N) is 1. The Morgan fingerprint density at radius 1 is 1.37 bits per heavy atom. The number of hydrogen-bond donors (Lipinski definition) is 1. The van der Waals surface area contributed by atoms with Crippen molar-refractivity contribution in [3.05, 3.63) is 53.0 Å². The molecule has 1 amide bonds. The Labute approximate surface area is 157 Å². The fourth-order valence-corrected chi connectivity index (χ4v) is 3.41. The number of fused-ring (bicyclic) bond motifs is 1. The monoisotopic (exact) mass is 366 g/mol. The van der Waals surface area contributed by atoms with Gasteiger partial charge in [0.1, 0.15) is 22.9 Å². The van der Waals surface area contributed by atoms with E-state index in [4.69, 9.17) is 9.26 Å². The summed E-state index contributed by atoms with van der Waals surface area (Å²) in [5.41, 5.74) is 4.07. The van der Waals surface area contributed by atoms with Crippen LogP contribution in [0.15, 0.2) is 34.9 Å². The Morgan fingerprint density at radius 2 is 2.26 bits per heavy atom. The quantitative estimate of drug-likeness (QED) is 0.749. The number of rotatable bonds is 5. The summed E-state index contributed by atoms with van der Waals surface area (Å²) < 4.78 is 10.8. The van der Waals surface area contributed by atoms with Crippen molar-refractivity contribution in [2.24, 2.45) is 0 Å². The van der Waals surface area contributed by atoms with Crippen molar-refractivity contribution < 1.29 is 14.1 Å². The molecule has 1 N–H and O–H groups in total. The standard InChI is InChI=1S/C20H22N4O3/c1-3-5-14-11-17(22-21-14)20(25)24-9-8-18-16(12-24)19(23-27-18)13-6-4-7-15(10-13)26-2/h4,6-7,10-11H,3,5,8-9,12H2,1-2H3,(H,21,22). The molecule has 1 aliphatic rings. The highest BCUT2D eigenvalue weighted by molar-refractivity contribution is 5.92. The van der Waals surface area contributed by atoms with Crippen molar-refractivity contribution in [1.82, 2.24) is 20.3 Å². The van der Waals surface area contributed by atoms with Crippen LogP contribution in [-0.4, -0.2) is 39.8 Å². The summed E-state index contributed by atoms with van der Waals surface area (Å²) in [4.78, 5) is 14.7. The van der Waals surface area contributed by atoms with E-state index in [1.54, 1.807) is 12.0 Å². The van der Waals surface area contributed by atoms with Crippen LogP contribution in [0.4, 0.5) is 0 Å². The molecule has 1 aromatic carbocycles. The fraction of sp³-hybridized carbons (Fsp3) is 0.350. The number of H-pyrrole nitrogens is 1. The van der Waals surface area contributed by atoms with Crippen molar-refractivity contribution in [1.29, 1.82) is 0 Å². The highest BCUT2D eigenvalue weighted by Gasteiger charge is 2.29. The lowest BCUT2D eigenvalue weighted by Crippen LogP contribution is -2.35. The third kappa shape index (κ3) is 3.32. The van der Waals surface area contributed by atoms with Gasteiger partial charge in [0.25, 0.3) is 5.91 Å². The molecular formula is C20H22N4O3. The molecule has 0 saturated carbocycles. The average Bonchev–Trinajstić information content (AvgIpc) is 3.34. The summed E-state index contributed by atoms with van der Waals surface area (Å²) >= 11 is 0. The van der Waals surface area contributed by atoms with Crippen LogP contribution in [0, 0.1) is 0 Å². The number of aromatic nitrogens is 3. The molecule has 0 bridgehead atoms. The first-order valence-electron chi connectivity index (χ1n) is 9.15. The molecule has 7 heteroatoms. The van der Waals surface area contributed by atoms with Crippen LogP contribution in [-0.2, 0) is 19.4 Å². The topological polar surface area (TPSA) is 84.2 Å². The second kappa shape index (κ2) is 7.26. The van der Waals surface area contributed by atoms with Gasteiger partial charge in [0, 0.05) is 29.8 Å². The Bertz CT molecular complexity index is 960. The summed E-state index contributed by atoms with van der Waals surface area (Å²) in [6.45, 7) is 3.15. The predicted octanol–water partition coefficient (Wildman–Crippen LogP) is 3.22. The largest absolute Gasteiger partial charge is 0.497 e. The summed E-state index contributed by atoms with van der Waals surface area (Å²) in [6, 6.07) is 9.53. The maximum absolute atomic E-state index is 12.9. The third-order valence-electron chi connectivity index (χ3n) is 4.83. The van der Waals surface area contributed by atoms with Gasteiger partial charge in [-0.1, -0.05) is 30.6 Å². The zero-order chi connectivity index (χ0) is 18.8. The van der Waals surface area contributed by atoms with E-state index in [1.165, 1.54) is 0 Å². The number of nitrogens with zero attached hydrogens (tertiary/aromatic N) is 3. The second-order valence-electron chi connectivity index (χ2n) is 6.67. The lowest BCUT2D eigenvalue weighted by molar-refractivity contribution is 0.0723. The van der Waals surface area contributed by atoms with Crippen LogP contribution in [0.1, 0.15) is 40.9 Å². The third-order valence-corrected chi connectivity index (χ3v) is 4.83. The van der Waals surface area contributed by atoms with Crippen molar-refractivity contribution in [3.8, 4) is 17.0 Å². The molecule has 0 unspecified atom stereocenters. The molecular weight excluding hydrogens is 344 g/mol. The predicted molar refractivity (Wildman–Crippen MR) is 99.5 cm³/mol. The van der Waals surface area contributed by atoms with Crippen LogP contribution < -0.4 is 4.74 Å². The van der Waals surface area contributed by atoms with Gasteiger partial charge in [0.15, 0.2) is 0 Å². The van der Waals surface area contributed by atoms with Crippen LogP contribution in [0.3, 0.4) is 0 Å². The molecule has 0 saturated heterocycles. The van der Waals surface area contributed by atoms with Crippen molar-refractivity contribution >= 4 is 5.91 Å². The van der Waals surface area contributed by atoms with Crippen LogP contribution in [0.5, 0.6) is 5.75 Å². The first-order chi connectivity index (χ1) is 13.2. The van der Waals surface area contributed by atoms with Gasteiger partial charge in [-0.15, -0.1) is 0 Å². The first-order valence-corrected chi connectivity index (χ1v) is 9.15. The smallest absolute Gasteiger partial charge is 0.274 e. The maximum Gasteiger partial charge on any atom is 0.274 e. The molecule has 0 radical (unpaired) electrons. The Morgan fingerprint density at radius 3 is 3.07 bits per heavy atom. The molecule has 1 aliphatic heterocycles. The zero-order valence-corrected chi connectivity index (χ0v) is 15.5. The van der Waals surface area contributed by atoms with E-state index < -0.39 is 0 Å². The number of hydrogen-bond acceptors (Lipinski definition) is 5.